The average molecular weight is 273 g/mol. The van der Waals surface area contributed by atoms with Crippen LogP contribution in [0.4, 0.5) is 26.3 Å². The van der Waals surface area contributed by atoms with Crippen molar-refractivity contribution in [1.82, 2.24) is 4.90 Å². The van der Waals surface area contributed by atoms with E-state index in [9.17, 15) is 31.1 Å². The second-order valence-electron chi connectivity index (χ2n) is 4.45. The van der Waals surface area contributed by atoms with Gasteiger partial charge < -0.3 is 4.90 Å². The van der Waals surface area contributed by atoms with Gasteiger partial charge in [-0.1, -0.05) is 12.2 Å². The van der Waals surface area contributed by atoms with E-state index in [1.54, 1.807) is 0 Å². The first kappa shape index (κ1) is 13.2. The second-order valence-corrected chi connectivity index (χ2v) is 4.45. The first-order chi connectivity index (χ1) is 8.03. The molecule has 1 saturated heterocycles. The molecule has 1 aliphatic heterocycles. The molecule has 1 aliphatic carbocycles. The molecule has 102 valence electrons. The Kier molecular flexibility index (Phi) is 2.51. The molecule has 2 atom stereocenters. The zero-order chi connectivity index (χ0) is 13.9. The number of carbonyl (C=O) groups is 1. The number of nitrogens with zero attached hydrogens (tertiary/aromatic N) is 1. The summed E-state index contributed by atoms with van der Waals surface area (Å²) in [7, 11) is 0. The first-order valence-corrected chi connectivity index (χ1v) is 5.15. The lowest BCUT2D eigenvalue weighted by Crippen LogP contribution is -2.70. The summed E-state index contributed by atoms with van der Waals surface area (Å²) < 4.78 is 78.2. The highest BCUT2D eigenvalue weighted by molar-refractivity contribution is 5.76. The molecule has 18 heavy (non-hydrogen) atoms. The van der Waals surface area contributed by atoms with Gasteiger partial charge in [0.1, 0.15) is 0 Å². The Morgan fingerprint density at radius 3 is 2.00 bits per heavy atom. The van der Waals surface area contributed by atoms with E-state index < -0.39 is 35.8 Å². The minimum Gasteiger partial charge on any atom is -0.314 e. The van der Waals surface area contributed by atoms with Gasteiger partial charge in [0.2, 0.25) is 11.4 Å². The molecule has 0 spiro atoms. The number of hydrogen-bond donors (Lipinski definition) is 0. The van der Waals surface area contributed by atoms with E-state index in [4.69, 9.17) is 0 Å². The van der Waals surface area contributed by atoms with Gasteiger partial charge in [0.15, 0.2) is 0 Å². The number of rotatable bonds is 0. The Bertz CT molecular complexity index is 396. The molecule has 2 nitrogen and oxygen atoms in total. The fraction of sp³-hybridized carbons (Fsp3) is 0.700. The van der Waals surface area contributed by atoms with E-state index in [-0.39, 0.29) is 11.3 Å². The summed E-state index contributed by atoms with van der Waals surface area (Å²) in [6.07, 6.45) is -9.31. The van der Waals surface area contributed by atoms with Gasteiger partial charge in [-0.05, 0) is 6.42 Å². The molecule has 0 radical (unpaired) electrons. The summed E-state index contributed by atoms with van der Waals surface area (Å²) in [5.41, 5.74) is -4.08. The maximum absolute atomic E-state index is 13.0. The quantitative estimate of drug-likeness (QED) is 0.491. The van der Waals surface area contributed by atoms with Crippen LogP contribution in [0.3, 0.4) is 0 Å². The fourth-order valence-corrected chi connectivity index (χ4v) is 2.96. The average Bonchev–Trinajstić information content (AvgIpc) is 2.70. The lowest BCUT2D eigenvalue weighted by molar-refractivity contribution is -0.338. The Morgan fingerprint density at radius 1 is 1.17 bits per heavy atom. The third-order valence-electron chi connectivity index (χ3n) is 3.51. The van der Waals surface area contributed by atoms with Crippen LogP contribution in [-0.2, 0) is 4.79 Å². The number of halogens is 6. The van der Waals surface area contributed by atoms with Crippen molar-refractivity contribution in [3.05, 3.63) is 12.2 Å². The highest BCUT2D eigenvalue weighted by Crippen LogP contribution is 2.60. The van der Waals surface area contributed by atoms with Crippen molar-refractivity contribution in [2.45, 2.75) is 37.3 Å². The van der Waals surface area contributed by atoms with Crippen molar-refractivity contribution in [3.8, 4) is 0 Å². The Morgan fingerprint density at radius 2 is 1.67 bits per heavy atom. The number of amides is 1. The molecule has 1 heterocycles. The summed E-state index contributed by atoms with van der Waals surface area (Å²) in [5, 5.41) is 0. The molecule has 0 saturated carbocycles. The van der Waals surface area contributed by atoms with Crippen LogP contribution in [-0.4, -0.2) is 34.7 Å². The topological polar surface area (TPSA) is 20.3 Å². The van der Waals surface area contributed by atoms with E-state index in [2.05, 4.69) is 0 Å². The minimum absolute atomic E-state index is 0.0718. The maximum atomic E-state index is 13.0. The van der Waals surface area contributed by atoms with Crippen LogP contribution in [0.2, 0.25) is 0 Å². The number of carbonyl (C=O) groups excluding carboxylic acids is 1. The Hall–Kier alpha value is -1.21. The van der Waals surface area contributed by atoms with Crippen molar-refractivity contribution in [2.75, 3.05) is 0 Å². The van der Waals surface area contributed by atoms with Gasteiger partial charge in [-0.15, -0.1) is 0 Å². The van der Waals surface area contributed by atoms with Gasteiger partial charge in [0.25, 0.3) is 0 Å². The normalized spacial score (nSPS) is 30.1. The lowest BCUT2D eigenvalue weighted by atomic mass is 9.83. The van der Waals surface area contributed by atoms with Crippen LogP contribution in [0.15, 0.2) is 12.2 Å². The predicted molar refractivity (Wildman–Crippen MR) is 48.4 cm³/mol. The van der Waals surface area contributed by atoms with E-state index in [1.165, 1.54) is 6.08 Å². The van der Waals surface area contributed by atoms with Crippen molar-refractivity contribution in [2.24, 2.45) is 5.92 Å². The monoisotopic (exact) mass is 273 g/mol. The van der Waals surface area contributed by atoms with Gasteiger partial charge in [0.05, 0.1) is 6.04 Å². The number of likely N-dealkylation sites (tertiary alicyclic amines) is 1. The summed E-state index contributed by atoms with van der Waals surface area (Å²) in [5.74, 6) is -2.98. The standard InChI is InChI=1S/C10H9F6NO/c1-5(18)17-7-3-2-6(4-7)8(17,9(11,12)13)10(14,15)16/h2-3,6-7H,4H2,1H3/t6-,7+/m0/s1. The molecule has 0 aromatic carbocycles. The Labute approximate surface area is 98.2 Å². The van der Waals surface area contributed by atoms with E-state index in [0.717, 1.165) is 13.0 Å². The van der Waals surface area contributed by atoms with Crippen LogP contribution < -0.4 is 0 Å². The molecule has 1 amide bonds. The third kappa shape index (κ3) is 1.34. The summed E-state index contributed by atoms with van der Waals surface area (Å²) in [6, 6.07) is -1.13. The zero-order valence-corrected chi connectivity index (χ0v) is 9.14. The molecule has 2 rings (SSSR count). The fourth-order valence-electron chi connectivity index (χ4n) is 2.96. The van der Waals surface area contributed by atoms with E-state index in [1.807, 2.05) is 0 Å². The number of alkyl halides is 6. The Balaban J connectivity index is 2.66. The molecule has 0 aromatic rings. The van der Waals surface area contributed by atoms with Crippen molar-refractivity contribution in [3.63, 3.8) is 0 Å². The second kappa shape index (κ2) is 3.42. The molecule has 2 bridgehead atoms. The maximum Gasteiger partial charge on any atom is 0.421 e. The number of hydrogen-bond acceptors (Lipinski definition) is 1. The first-order valence-electron chi connectivity index (χ1n) is 5.15. The summed E-state index contributed by atoms with van der Waals surface area (Å²) in [4.78, 5) is 11.2. The van der Waals surface area contributed by atoms with Crippen molar-refractivity contribution in [1.29, 1.82) is 0 Å². The van der Waals surface area contributed by atoms with Gasteiger partial charge in [-0.2, -0.15) is 26.3 Å². The van der Waals surface area contributed by atoms with E-state index >= 15 is 0 Å². The summed E-state index contributed by atoms with van der Waals surface area (Å²) >= 11 is 0. The number of fused-ring (bicyclic) bond motifs is 2. The van der Waals surface area contributed by atoms with Gasteiger partial charge in [-0.3, -0.25) is 4.79 Å². The van der Waals surface area contributed by atoms with Crippen LogP contribution in [0.1, 0.15) is 13.3 Å². The van der Waals surface area contributed by atoms with Gasteiger partial charge in [-0.25, -0.2) is 0 Å². The van der Waals surface area contributed by atoms with Crippen LogP contribution in [0.5, 0.6) is 0 Å². The predicted octanol–water partition coefficient (Wildman–Crippen LogP) is 2.66. The molecular weight excluding hydrogens is 264 g/mol. The molecule has 0 unspecified atom stereocenters. The van der Waals surface area contributed by atoms with Gasteiger partial charge in [0, 0.05) is 12.8 Å². The minimum atomic E-state index is -5.55. The molecule has 1 fully saturated rings. The smallest absolute Gasteiger partial charge is 0.314 e. The zero-order valence-electron chi connectivity index (χ0n) is 9.14. The molecular formula is C10H9F6NO. The highest BCUT2D eigenvalue weighted by Gasteiger charge is 2.81. The van der Waals surface area contributed by atoms with Crippen LogP contribution in [0, 0.1) is 5.92 Å². The SMILES string of the molecule is CC(=O)N1[C@@H]2C=C[C@@H](C2)C1(C(F)(F)F)C(F)(F)F. The molecule has 8 heteroatoms. The largest absolute Gasteiger partial charge is 0.421 e. The van der Waals surface area contributed by atoms with Crippen molar-refractivity contribution >= 4 is 5.91 Å². The van der Waals surface area contributed by atoms with Crippen LogP contribution >= 0.6 is 0 Å². The molecule has 0 aromatic heterocycles. The molecule has 0 N–H and O–H groups in total. The van der Waals surface area contributed by atoms with Crippen molar-refractivity contribution < 1.29 is 31.1 Å². The summed E-state index contributed by atoms with van der Waals surface area (Å²) in [6.45, 7) is 0.723. The molecule has 2 aliphatic rings. The van der Waals surface area contributed by atoms with E-state index in [0.29, 0.717) is 0 Å². The highest BCUT2D eigenvalue weighted by atomic mass is 19.4. The lowest BCUT2D eigenvalue weighted by Gasteiger charge is -2.45. The van der Waals surface area contributed by atoms with Crippen LogP contribution in [0.25, 0.3) is 0 Å². The van der Waals surface area contributed by atoms with Gasteiger partial charge >= 0.3 is 12.4 Å². The third-order valence-corrected chi connectivity index (χ3v) is 3.51.